The van der Waals surface area contributed by atoms with Crippen molar-refractivity contribution in [1.29, 1.82) is 0 Å². The highest BCUT2D eigenvalue weighted by Gasteiger charge is 2.00. The second-order valence-corrected chi connectivity index (χ2v) is 2.98. The van der Waals surface area contributed by atoms with Gasteiger partial charge in [-0.15, -0.1) is 5.10 Å². The highest BCUT2D eigenvalue weighted by atomic mass is 15.4. The van der Waals surface area contributed by atoms with Crippen LogP contribution in [0.15, 0.2) is 6.20 Å². The lowest BCUT2D eigenvalue weighted by molar-refractivity contribution is 0.847. The minimum absolute atomic E-state index is 0.640. The third-order valence-electron chi connectivity index (χ3n) is 1.21. The Labute approximate surface area is 62.5 Å². The Kier molecular flexibility index (Phi) is 2.14. The molecule has 10 heavy (non-hydrogen) atoms. The summed E-state index contributed by atoms with van der Waals surface area (Å²) in [5.74, 6) is 0.640. The molecule has 0 radical (unpaired) electrons. The van der Waals surface area contributed by atoms with Crippen molar-refractivity contribution in [3.05, 3.63) is 6.20 Å². The summed E-state index contributed by atoms with van der Waals surface area (Å²) in [5, 5.41) is 7.81. The summed E-state index contributed by atoms with van der Waals surface area (Å²) >= 11 is 0. The summed E-state index contributed by atoms with van der Waals surface area (Å²) in [6.07, 6.45) is 1.96. The van der Waals surface area contributed by atoms with E-state index in [1.807, 2.05) is 18.6 Å². The lowest BCUT2D eigenvalue weighted by atomic mass is 9.79. The molecule has 3 nitrogen and oxygen atoms in total. The molecule has 0 aromatic carbocycles. The van der Waals surface area contributed by atoms with Crippen molar-refractivity contribution in [3.63, 3.8) is 0 Å². The highest BCUT2D eigenvalue weighted by molar-refractivity contribution is 6.36. The Balaban J connectivity index is 2.58. The quantitative estimate of drug-likeness (QED) is 0.465. The molecule has 0 N–H and O–H groups in total. The van der Waals surface area contributed by atoms with Crippen LogP contribution in [0.3, 0.4) is 0 Å². The summed E-state index contributed by atoms with van der Waals surface area (Å²) in [7, 11) is 2.91. The van der Waals surface area contributed by atoms with Crippen LogP contribution in [0, 0.1) is 0 Å². The Bertz CT molecular complexity index is 208. The molecule has 52 valence electrons. The average molecular weight is 135 g/mol. The van der Waals surface area contributed by atoms with Gasteiger partial charge in [0, 0.05) is 11.8 Å². The van der Waals surface area contributed by atoms with Gasteiger partial charge in [0.15, 0.2) is 7.85 Å². The minimum atomic E-state index is 0.640. The SMILES string of the molecule is Bc1cn(BC(C)C)nn1. The fourth-order valence-electron chi connectivity index (χ4n) is 0.859. The highest BCUT2D eigenvalue weighted by Crippen LogP contribution is 1.95. The Morgan fingerprint density at radius 3 is 2.80 bits per heavy atom. The monoisotopic (exact) mass is 135 g/mol. The molecule has 0 fully saturated rings. The summed E-state index contributed by atoms with van der Waals surface area (Å²) < 4.78 is 1.88. The Morgan fingerprint density at radius 2 is 2.40 bits per heavy atom. The van der Waals surface area contributed by atoms with Crippen LogP contribution >= 0.6 is 0 Å². The molecule has 0 aliphatic rings. The van der Waals surface area contributed by atoms with Gasteiger partial charge >= 0.3 is 0 Å². The van der Waals surface area contributed by atoms with E-state index in [0.29, 0.717) is 5.82 Å². The van der Waals surface area contributed by atoms with Crippen LogP contribution in [0.1, 0.15) is 13.8 Å². The predicted octanol–water partition coefficient (Wildman–Crippen LogP) is -1.44. The number of rotatable bonds is 2. The first-order valence-electron chi connectivity index (χ1n) is 3.55. The molecule has 0 amide bonds. The van der Waals surface area contributed by atoms with Gasteiger partial charge in [-0.2, -0.15) is 0 Å². The molecule has 5 heteroatoms. The minimum Gasteiger partial charge on any atom is -0.303 e. The molecule has 1 aromatic rings. The van der Waals surface area contributed by atoms with Crippen molar-refractivity contribution in [1.82, 2.24) is 14.9 Å². The van der Waals surface area contributed by atoms with Crippen LogP contribution in [0.25, 0.3) is 0 Å². The van der Waals surface area contributed by atoms with Gasteiger partial charge in [0.25, 0.3) is 7.41 Å². The third kappa shape index (κ3) is 1.90. The Hall–Kier alpha value is -0.730. The Morgan fingerprint density at radius 1 is 1.70 bits per heavy atom. The van der Waals surface area contributed by atoms with E-state index in [9.17, 15) is 0 Å². The van der Waals surface area contributed by atoms with E-state index >= 15 is 0 Å². The van der Waals surface area contributed by atoms with Crippen LogP contribution in [0.5, 0.6) is 0 Å². The lowest BCUT2D eigenvalue weighted by Crippen LogP contribution is -2.10. The van der Waals surface area contributed by atoms with Crippen molar-refractivity contribution in [2.45, 2.75) is 19.7 Å². The van der Waals surface area contributed by atoms with Gasteiger partial charge in [-0.25, -0.2) is 0 Å². The van der Waals surface area contributed by atoms with E-state index in [1.165, 1.54) is 0 Å². The predicted molar refractivity (Wildman–Crippen MR) is 45.8 cm³/mol. The van der Waals surface area contributed by atoms with Crippen molar-refractivity contribution in [2.24, 2.45) is 0 Å². The van der Waals surface area contributed by atoms with E-state index in [2.05, 4.69) is 24.2 Å². The van der Waals surface area contributed by atoms with Crippen molar-refractivity contribution >= 4 is 20.9 Å². The van der Waals surface area contributed by atoms with E-state index in [1.54, 1.807) is 0 Å². The van der Waals surface area contributed by atoms with Crippen molar-refractivity contribution in [2.75, 3.05) is 0 Å². The van der Waals surface area contributed by atoms with Gasteiger partial charge in [0.2, 0.25) is 0 Å². The van der Waals surface area contributed by atoms with E-state index in [4.69, 9.17) is 0 Å². The second kappa shape index (κ2) is 2.90. The normalized spacial score (nSPS) is 10.3. The standard InChI is InChI=1S/C5H11B2N3/c1-4(2)7-10-3-5(6)8-9-10/h3-4,7H,6H2,1-2H3. The fourth-order valence-corrected chi connectivity index (χ4v) is 0.859. The molecule has 0 aliphatic carbocycles. The molecule has 0 saturated heterocycles. The summed E-state index contributed by atoms with van der Waals surface area (Å²) in [6, 6.07) is 0. The number of hydrogen-bond acceptors (Lipinski definition) is 2. The van der Waals surface area contributed by atoms with Crippen LogP contribution in [-0.2, 0) is 0 Å². The van der Waals surface area contributed by atoms with Crippen LogP contribution in [0.4, 0.5) is 0 Å². The maximum absolute atomic E-state index is 3.92. The molecule has 1 aromatic heterocycles. The van der Waals surface area contributed by atoms with Gasteiger partial charge in [-0.1, -0.05) is 19.1 Å². The van der Waals surface area contributed by atoms with E-state index in [-0.39, 0.29) is 0 Å². The molecule has 0 aliphatic heterocycles. The first-order valence-corrected chi connectivity index (χ1v) is 3.55. The number of nitrogens with zero attached hydrogens (tertiary/aromatic N) is 3. The zero-order valence-electron chi connectivity index (χ0n) is 6.70. The maximum Gasteiger partial charge on any atom is 0.271 e. The molecule has 0 bridgehead atoms. The van der Waals surface area contributed by atoms with E-state index < -0.39 is 0 Å². The van der Waals surface area contributed by atoms with Gasteiger partial charge in [0.1, 0.15) is 0 Å². The average Bonchev–Trinajstić information content (AvgIpc) is 2.13. The zero-order valence-corrected chi connectivity index (χ0v) is 6.70. The summed E-state index contributed by atoms with van der Waals surface area (Å²) in [4.78, 5) is 0. The van der Waals surface area contributed by atoms with Crippen LogP contribution in [0.2, 0.25) is 5.82 Å². The molecule has 0 saturated carbocycles. The van der Waals surface area contributed by atoms with Gasteiger partial charge < -0.3 is 4.59 Å². The van der Waals surface area contributed by atoms with Gasteiger partial charge in [0.05, 0.1) is 0 Å². The zero-order chi connectivity index (χ0) is 7.56. The second-order valence-electron chi connectivity index (χ2n) is 2.98. The summed E-state index contributed by atoms with van der Waals surface area (Å²) in [6.45, 7) is 4.33. The lowest BCUT2D eigenvalue weighted by Gasteiger charge is -1.98. The fraction of sp³-hybridized carbons (Fsp3) is 0.600. The largest absolute Gasteiger partial charge is 0.303 e. The molecular formula is C5H11B2N3. The number of hydrogen-bond donors (Lipinski definition) is 0. The van der Waals surface area contributed by atoms with Gasteiger partial charge in [-0.05, 0) is 5.82 Å². The van der Waals surface area contributed by atoms with Crippen molar-refractivity contribution in [3.8, 4) is 0 Å². The van der Waals surface area contributed by atoms with E-state index in [0.717, 1.165) is 13.0 Å². The van der Waals surface area contributed by atoms with Crippen molar-refractivity contribution < 1.29 is 0 Å². The smallest absolute Gasteiger partial charge is 0.271 e. The molecular weight excluding hydrogens is 124 g/mol. The first kappa shape index (κ1) is 7.38. The third-order valence-corrected chi connectivity index (χ3v) is 1.21. The molecule has 1 rings (SSSR count). The first-order chi connectivity index (χ1) is 4.68. The summed E-state index contributed by atoms with van der Waals surface area (Å²) in [5.41, 5.74) is 0.987. The molecule has 0 atom stereocenters. The molecule has 0 unspecified atom stereocenters. The molecule has 0 spiro atoms. The van der Waals surface area contributed by atoms with Crippen LogP contribution in [-0.4, -0.2) is 30.2 Å². The number of aromatic nitrogens is 3. The molecule has 1 heterocycles. The van der Waals surface area contributed by atoms with Crippen LogP contribution < -0.4 is 5.59 Å². The van der Waals surface area contributed by atoms with Gasteiger partial charge in [-0.3, -0.25) is 0 Å². The maximum atomic E-state index is 3.92. The topological polar surface area (TPSA) is 30.7 Å².